The number of nitro benzene ring substituents is 1. The summed E-state index contributed by atoms with van der Waals surface area (Å²) in [5, 5.41) is 26.7. The Labute approximate surface area is 192 Å². The summed E-state index contributed by atoms with van der Waals surface area (Å²) in [5.41, 5.74) is 0.823. The summed E-state index contributed by atoms with van der Waals surface area (Å²) in [7, 11) is 0. The number of anilines is 1. The molecular formula is C24H19N5O5. The third kappa shape index (κ3) is 2.81. The molecule has 2 N–H and O–H groups in total. The monoisotopic (exact) mass is 457 g/mol. The molecular weight excluding hydrogens is 438 g/mol. The van der Waals surface area contributed by atoms with Crippen LogP contribution >= 0.6 is 0 Å². The Kier molecular flexibility index (Phi) is 4.25. The van der Waals surface area contributed by atoms with Crippen LogP contribution in [0.4, 0.5) is 16.2 Å². The van der Waals surface area contributed by atoms with Crippen LogP contribution in [0.25, 0.3) is 16.5 Å². The average Bonchev–Trinajstić information content (AvgIpc) is 3.50. The van der Waals surface area contributed by atoms with Crippen LogP contribution in [-0.4, -0.2) is 36.6 Å². The van der Waals surface area contributed by atoms with Crippen molar-refractivity contribution in [3.05, 3.63) is 93.0 Å². The average molecular weight is 457 g/mol. The van der Waals surface area contributed by atoms with Gasteiger partial charge in [0.15, 0.2) is 0 Å². The molecule has 34 heavy (non-hydrogen) atoms. The zero-order chi connectivity index (χ0) is 23.6. The number of hydrogen-bond donors (Lipinski definition) is 2. The van der Waals surface area contributed by atoms with Gasteiger partial charge in [-0.25, -0.2) is 14.2 Å². The van der Waals surface area contributed by atoms with Crippen LogP contribution in [0, 0.1) is 10.1 Å². The number of carbonyl (C=O) groups is 1. The predicted molar refractivity (Wildman–Crippen MR) is 124 cm³/mol. The molecule has 2 amide bonds. The summed E-state index contributed by atoms with van der Waals surface area (Å²) in [4.78, 5) is 38.4. The number of amides is 2. The Balaban J connectivity index is 1.36. The van der Waals surface area contributed by atoms with Crippen LogP contribution in [0.2, 0.25) is 0 Å². The first-order chi connectivity index (χ1) is 16.4. The molecule has 1 saturated heterocycles. The van der Waals surface area contributed by atoms with E-state index < -0.39 is 17.0 Å². The number of aromatic nitrogens is 2. The van der Waals surface area contributed by atoms with Crippen molar-refractivity contribution in [1.29, 1.82) is 0 Å². The van der Waals surface area contributed by atoms with E-state index in [2.05, 4.69) is 5.32 Å². The highest BCUT2D eigenvalue weighted by Gasteiger charge is 2.49. The minimum absolute atomic E-state index is 0.126. The molecule has 2 aliphatic heterocycles. The van der Waals surface area contributed by atoms with Gasteiger partial charge in [-0.1, -0.05) is 42.5 Å². The Bertz CT molecular complexity index is 1550. The molecule has 2 atom stereocenters. The first-order valence-electron chi connectivity index (χ1n) is 10.8. The van der Waals surface area contributed by atoms with Crippen molar-refractivity contribution in [2.75, 3.05) is 11.9 Å². The molecule has 2 aliphatic rings. The number of urea groups is 1. The summed E-state index contributed by atoms with van der Waals surface area (Å²) in [6, 6.07) is 17.7. The maximum absolute atomic E-state index is 13.4. The van der Waals surface area contributed by atoms with Crippen LogP contribution in [0.15, 0.2) is 71.5 Å². The largest absolute Gasteiger partial charge is 0.493 e. The molecule has 0 radical (unpaired) electrons. The minimum Gasteiger partial charge on any atom is -0.493 e. The van der Waals surface area contributed by atoms with Crippen molar-refractivity contribution >= 4 is 28.2 Å². The fraction of sp³-hybridized carbons (Fsp3) is 0.167. The molecule has 3 aromatic carbocycles. The molecule has 1 fully saturated rings. The number of carbonyl (C=O) groups excluding carboxylic acids is 1. The molecule has 0 saturated carbocycles. The molecule has 0 aliphatic carbocycles. The molecule has 10 nitrogen and oxygen atoms in total. The topological polar surface area (TPSA) is 123 Å². The highest BCUT2D eigenvalue weighted by Crippen LogP contribution is 2.49. The highest BCUT2D eigenvalue weighted by molar-refractivity contribution is 5.91. The Morgan fingerprint density at radius 2 is 1.85 bits per heavy atom. The van der Waals surface area contributed by atoms with E-state index in [0.29, 0.717) is 30.0 Å². The summed E-state index contributed by atoms with van der Waals surface area (Å²) >= 11 is 0. The summed E-state index contributed by atoms with van der Waals surface area (Å²) in [5.74, 6) is -0.179. The van der Waals surface area contributed by atoms with Gasteiger partial charge < -0.3 is 15.3 Å². The van der Waals surface area contributed by atoms with Gasteiger partial charge in [0.25, 0.3) is 5.69 Å². The van der Waals surface area contributed by atoms with Crippen LogP contribution in [0.5, 0.6) is 5.88 Å². The number of fused-ring (bicyclic) bond motifs is 6. The smallest absolute Gasteiger partial charge is 0.336 e. The van der Waals surface area contributed by atoms with Gasteiger partial charge >= 0.3 is 11.7 Å². The van der Waals surface area contributed by atoms with Gasteiger partial charge in [0.2, 0.25) is 5.88 Å². The third-order valence-corrected chi connectivity index (χ3v) is 6.63. The second-order valence-electron chi connectivity index (χ2n) is 8.49. The molecule has 0 spiro atoms. The highest BCUT2D eigenvalue weighted by atomic mass is 16.6. The van der Waals surface area contributed by atoms with E-state index in [4.69, 9.17) is 0 Å². The first-order valence-corrected chi connectivity index (χ1v) is 10.8. The van der Waals surface area contributed by atoms with Gasteiger partial charge in [-0.15, -0.1) is 0 Å². The lowest BCUT2D eigenvalue weighted by Gasteiger charge is -2.27. The van der Waals surface area contributed by atoms with Crippen molar-refractivity contribution in [2.45, 2.75) is 18.5 Å². The van der Waals surface area contributed by atoms with E-state index in [1.807, 2.05) is 36.4 Å². The Hall–Kier alpha value is -4.60. The van der Waals surface area contributed by atoms with Crippen molar-refractivity contribution in [2.24, 2.45) is 0 Å². The van der Waals surface area contributed by atoms with Crippen molar-refractivity contribution in [3.63, 3.8) is 0 Å². The number of hydrogen-bond acceptors (Lipinski definition) is 5. The van der Waals surface area contributed by atoms with Crippen molar-refractivity contribution < 1.29 is 14.8 Å². The molecule has 10 heteroatoms. The zero-order valence-electron chi connectivity index (χ0n) is 17.8. The van der Waals surface area contributed by atoms with Gasteiger partial charge in [0.05, 0.1) is 22.7 Å². The van der Waals surface area contributed by atoms with Crippen LogP contribution < -0.4 is 11.0 Å². The fourth-order valence-electron chi connectivity index (χ4n) is 5.18. The van der Waals surface area contributed by atoms with E-state index in [1.165, 1.54) is 22.8 Å². The molecule has 2 bridgehead atoms. The van der Waals surface area contributed by atoms with E-state index in [1.54, 1.807) is 21.6 Å². The Morgan fingerprint density at radius 1 is 1.09 bits per heavy atom. The number of nitrogens with zero attached hydrogens (tertiary/aromatic N) is 4. The van der Waals surface area contributed by atoms with Crippen molar-refractivity contribution in [3.8, 4) is 11.6 Å². The number of imidazole rings is 1. The number of non-ortho nitro benzene ring substituents is 1. The minimum atomic E-state index is -0.528. The van der Waals surface area contributed by atoms with Gasteiger partial charge in [-0.05, 0) is 23.9 Å². The third-order valence-electron chi connectivity index (χ3n) is 6.63. The summed E-state index contributed by atoms with van der Waals surface area (Å²) in [6.07, 6.45) is 0.525. The number of nitrogens with one attached hydrogen (secondary N) is 1. The second-order valence-corrected chi connectivity index (χ2v) is 8.49. The molecule has 1 aromatic heterocycles. The molecule has 6 rings (SSSR count). The number of aromatic hydroxyl groups is 1. The molecule has 1 unspecified atom stereocenters. The second kappa shape index (κ2) is 7.20. The standard InChI is InChI=1S/C24H19N5O5/c30-22-21-20-12-17(13-26(20)23(31)25-15-7-4-8-16(11-15)29(33)34)27(21)24(32)28(22)19-10-3-6-14-5-1-2-9-18(14)19/h1-11,17,20,30H,12-13H2,(H,25,31)/t17-,20?/m1/s1. The lowest BCUT2D eigenvalue weighted by atomic mass is 10.1. The molecule has 3 heterocycles. The van der Waals surface area contributed by atoms with E-state index in [-0.39, 0.29) is 23.3 Å². The maximum atomic E-state index is 13.4. The van der Waals surface area contributed by atoms with Gasteiger partial charge in [-0.3, -0.25) is 14.7 Å². The van der Waals surface area contributed by atoms with Crippen LogP contribution in [0.3, 0.4) is 0 Å². The number of likely N-dealkylation sites (tertiary alicyclic amines) is 1. The Morgan fingerprint density at radius 3 is 2.68 bits per heavy atom. The molecule has 170 valence electrons. The summed E-state index contributed by atoms with van der Waals surface area (Å²) < 4.78 is 2.89. The zero-order valence-corrected chi connectivity index (χ0v) is 17.8. The van der Waals surface area contributed by atoms with Gasteiger partial charge in [0, 0.05) is 29.8 Å². The molecule has 4 aromatic rings. The van der Waals surface area contributed by atoms with Gasteiger partial charge in [-0.2, -0.15) is 0 Å². The van der Waals surface area contributed by atoms with E-state index >= 15 is 0 Å². The quantitative estimate of drug-likeness (QED) is 0.356. The lowest BCUT2D eigenvalue weighted by Crippen LogP contribution is -2.40. The maximum Gasteiger partial charge on any atom is 0.336 e. The van der Waals surface area contributed by atoms with Gasteiger partial charge in [0.1, 0.15) is 5.69 Å². The predicted octanol–water partition coefficient (Wildman–Crippen LogP) is 3.94. The number of nitro groups is 1. The van der Waals surface area contributed by atoms with Crippen molar-refractivity contribution in [1.82, 2.24) is 14.0 Å². The van der Waals surface area contributed by atoms with Crippen LogP contribution in [0.1, 0.15) is 24.2 Å². The number of rotatable bonds is 3. The summed E-state index contributed by atoms with van der Waals surface area (Å²) in [6.45, 7) is 0.303. The van der Waals surface area contributed by atoms with E-state index in [9.17, 15) is 24.8 Å². The SMILES string of the molecule is O=C(Nc1cccc([N+](=O)[O-])c1)N1C[C@H]2CC1c1c(O)n(-c3cccc4ccccc34)c(=O)n12. The van der Waals surface area contributed by atoms with Crippen LogP contribution in [-0.2, 0) is 0 Å². The first kappa shape index (κ1) is 20.0. The fourth-order valence-corrected chi connectivity index (χ4v) is 5.18. The normalized spacial score (nSPS) is 18.3. The van der Waals surface area contributed by atoms with E-state index in [0.717, 1.165) is 10.8 Å². The number of benzene rings is 3. The lowest BCUT2D eigenvalue weighted by molar-refractivity contribution is -0.384.